The maximum absolute atomic E-state index is 11.7. The standard InChI is InChI=1S/C11H17NO4/c1-7-5-8(9(13)14)12(6-7)10(15)16-11(2,3)4/h5,8H,6H2,1-4H3,(H,13,14)/t8-/m0/s1. The van der Waals surface area contributed by atoms with E-state index in [0.29, 0.717) is 6.54 Å². The summed E-state index contributed by atoms with van der Waals surface area (Å²) in [4.78, 5) is 23.9. The Balaban J connectivity index is 2.75. The van der Waals surface area contributed by atoms with Gasteiger partial charge in [0.05, 0.1) is 0 Å². The minimum absolute atomic E-state index is 0.311. The lowest BCUT2D eigenvalue weighted by Gasteiger charge is -2.26. The first kappa shape index (κ1) is 12.5. The van der Waals surface area contributed by atoms with Gasteiger partial charge in [-0.25, -0.2) is 9.59 Å². The molecule has 0 fully saturated rings. The van der Waals surface area contributed by atoms with Gasteiger partial charge in [-0.2, -0.15) is 0 Å². The third-order valence-electron chi connectivity index (χ3n) is 2.08. The molecule has 0 spiro atoms. The van der Waals surface area contributed by atoms with Crippen LogP contribution in [0.3, 0.4) is 0 Å². The van der Waals surface area contributed by atoms with Crippen molar-refractivity contribution in [1.82, 2.24) is 4.90 Å². The van der Waals surface area contributed by atoms with E-state index in [1.54, 1.807) is 33.8 Å². The van der Waals surface area contributed by atoms with Gasteiger partial charge in [-0.1, -0.05) is 11.6 Å². The number of aliphatic carboxylic acids is 1. The Hall–Kier alpha value is -1.52. The lowest BCUT2D eigenvalue weighted by Crippen LogP contribution is -2.43. The van der Waals surface area contributed by atoms with E-state index in [2.05, 4.69) is 0 Å². The topological polar surface area (TPSA) is 66.8 Å². The zero-order valence-electron chi connectivity index (χ0n) is 9.98. The molecule has 0 unspecified atom stereocenters. The highest BCUT2D eigenvalue weighted by atomic mass is 16.6. The van der Waals surface area contributed by atoms with Crippen LogP contribution in [-0.2, 0) is 9.53 Å². The van der Waals surface area contributed by atoms with E-state index in [9.17, 15) is 9.59 Å². The summed E-state index contributed by atoms with van der Waals surface area (Å²) in [5, 5.41) is 8.95. The number of hydrogen-bond donors (Lipinski definition) is 1. The smallest absolute Gasteiger partial charge is 0.411 e. The molecule has 16 heavy (non-hydrogen) atoms. The number of ether oxygens (including phenoxy) is 1. The summed E-state index contributed by atoms with van der Waals surface area (Å²) in [6.45, 7) is 7.34. The molecule has 0 aromatic carbocycles. The van der Waals surface area contributed by atoms with Crippen molar-refractivity contribution in [2.45, 2.75) is 39.3 Å². The Morgan fingerprint density at radius 1 is 1.50 bits per heavy atom. The second-order valence-corrected chi connectivity index (χ2v) is 4.90. The molecule has 0 aromatic heterocycles. The fourth-order valence-corrected chi connectivity index (χ4v) is 1.48. The van der Waals surface area contributed by atoms with Crippen LogP contribution in [0.2, 0.25) is 0 Å². The molecule has 0 aromatic rings. The first-order valence-electron chi connectivity index (χ1n) is 5.10. The highest BCUT2D eigenvalue weighted by Gasteiger charge is 2.35. The molecule has 1 aliphatic heterocycles. The van der Waals surface area contributed by atoms with Gasteiger partial charge in [-0.05, 0) is 27.7 Å². The van der Waals surface area contributed by atoms with E-state index >= 15 is 0 Å². The summed E-state index contributed by atoms with van der Waals surface area (Å²) in [5.74, 6) is -1.04. The van der Waals surface area contributed by atoms with Gasteiger partial charge in [0.2, 0.25) is 0 Å². The Labute approximate surface area is 94.7 Å². The average Bonchev–Trinajstić information content (AvgIpc) is 2.44. The lowest BCUT2D eigenvalue weighted by atomic mass is 10.2. The van der Waals surface area contributed by atoms with Crippen LogP contribution >= 0.6 is 0 Å². The molecule has 0 aliphatic carbocycles. The van der Waals surface area contributed by atoms with Crippen molar-refractivity contribution in [3.63, 3.8) is 0 Å². The highest BCUT2D eigenvalue weighted by Crippen LogP contribution is 2.19. The third-order valence-corrected chi connectivity index (χ3v) is 2.08. The molecule has 0 bridgehead atoms. The Bertz CT molecular complexity index is 340. The number of hydrogen-bond acceptors (Lipinski definition) is 3. The zero-order chi connectivity index (χ0) is 12.5. The summed E-state index contributed by atoms with van der Waals surface area (Å²) in [7, 11) is 0. The lowest BCUT2D eigenvalue weighted by molar-refractivity contribution is -0.140. The van der Waals surface area contributed by atoms with Crippen LogP contribution in [0.1, 0.15) is 27.7 Å². The van der Waals surface area contributed by atoms with Gasteiger partial charge in [0, 0.05) is 6.54 Å². The predicted octanol–water partition coefficient (Wildman–Crippen LogP) is 1.64. The van der Waals surface area contributed by atoms with Crippen molar-refractivity contribution >= 4 is 12.1 Å². The van der Waals surface area contributed by atoms with Crippen molar-refractivity contribution in [3.8, 4) is 0 Å². The van der Waals surface area contributed by atoms with Crippen LogP contribution in [0.25, 0.3) is 0 Å². The van der Waals surface area contributed by atoms with E-state index in [0.717, 1.165) is 5.57 Å². The normalized spacial score (nSPS) is 20.6. The SMILES string of the molecule is CC1=C[C@@H](C(=O)O)N(C(=O)OC(C)(C)C)C1. The number of rotatable bonds is 1. The van der Waals surface area contributed by atoms with Crippen LogP contribution < -0.4 is 0 Å². The van der Waals surface area contributed by atoms with Crippen molar-refractivity contribution in [3.05, 3.63) is 11.6 Å². The summed E-state index contributed by atoms with van der Waals surface area (Å²) < 4.78 is 5.14. The number of carbonyl (C=O) groups is 2. The fraction of sp³-hybridized carbons (Fsp3) is 0.636. The molecule has 1 rings (SSSR count). The second-order valence-electron chi connectivity index (χ2n) is 4.90. The van der Waals surface area contributed by atoms with Crippen molar-refractivity contribution < 1.29 is 19.4 Å². The van der Waals surface area contributed by atoms with E-state index in [4.69, 9.17) is 9.84 Å². The van der Waals surface area contributed by atoms with E-state index in [-0.39, 0.29) is 0 Å². The van der Waals surface area contributed by atoms with E-state index in [1.807, 2.05) is 0 Å². The molecule has 1 heterocycles. The summed E-state index contributed by atoms with van der Waals surface area (Å²) in [6.07, 6.45) is 0.972. The van der Waals surface area contributed by atoms with Crippen molar-refractivity contribution in [1.29, 1.82) is 0 Å². The first-order valence-corrected chi connectivity index (χ1v) is 5.10. The molecule has 1 amide bonds. The Morgan fingerprint density at radius 2 is 2.06 bits per heavy atom. The first-order chi connectivity index (χ1) is 7.20. The number of carboxylic acids is 1. The van der Waals surface area contributed by atoms with Crippen LogP contribution in [0, 0.1) is 0 Å². The third kappa shape index (κ3) is 2.98. The highest BCUT2D eigenvalue weighted by molar-refractivity contribution is 5.83. The summed E-state index contributed by atoms with van der Waals surface area (Å²) >= 11 is 0. The largest absolute Gasteiger partial charge is 0.479 e. The fourth-order valence-electron chi connectivity index (χ4n) is 1.48. The monoisotopic (exact) mass is 227 g/mol. The number of carboxylic acid groups (broad SMARTS) is 1. The van der Waals surface area contributed by atoms with Gasteiger partial charge in [-0.15, -0.1) is 0 Å². The van der Waals surface area contributed by atoms with Crippen LogP contribution in [-0.4, -0.2) is 40.3 Å². The van der Waals surface area contributed by atoms with Crippen molar-refractivity contribution in [2.24, 2.45) is 0 Å². The molecule has 0 radical (unpaired) electrons. The van der Waals surface area contributed by atoms with Crippen LogP contribution in [0.4, 0.5) is 4.79 Å². The molecule has 90 valence electrons. The van der Waals surface area contributed by atoms with Gasteiger partial charge in [0.25, 0.3) is 0 Å². The van der Waals surface area contributed by atoms with Gasteiger partial charge < -0.3 is 9.84 Å². The predicted molar refractivity (Wildman–Crippen MR) is 58.1 cm³/mol. The number of nitrogens with zero attached hydrogens (tertiary/aromatic N) is 1. The molecular formula is C11H17NO4. The van der Waals surface area contributed by atoms with Crippen LogP contribution in [0.15, 0.2) is 11.6 Å². The minimum atomic E-state index is -1.04. The maximum atomic E-state index is 11.7. The van der Waals surface area contributed by atoms with Crippen molar-refractivity contribution in [2.75, 3.05) is 6.54 Å². The molecule has 5 nitrogen and oxygen atoms in total. The summed E-state index contributed by atoms with van der Waals surface area (Å²) in [5.41, 5.74) is 0.245. The summed E-state index contributed by atoms with van der Waals surface area (Å²) in [6, 6.07) is -0.908. The van der Waals surface area contributed by atoms with E-state index < -0.39 is 23.7 Å². The molecule has 5 heteroatoms. The van der Waals surface area contributed by atoms with Gasteiger partial charge in [0.15, 0.2) is 6.04 Å². The van der Waals surface area contributed by atoms with E-state index in [1.165, 1.54) is 4.90 Å². The quantitative estimate of drug-likeness (QED) is 0.691. The molecule has 1 atom stereocenters. The molecular weight excluding hydrogens is 210 g/mol. The van der Waals surface area contributed by atoms with Gasteiger partial charge in [0.1, 0.15) is 5.60 Å². The maximum Gasteiger partial charge on any atom is 0.411 e. The Kier molecular flexibility index (Phi) is 3.26. The minimum Gasteiger partial charge on any atom is -0.479 e. The van der Waals surface area contributed by atoms with Gasteiger partial charge in [-0.3, -0.25) is 4.90 Å². The number of carbonyl (C=O) groups excluding carboxylic acids is 1. The van der Waals surface area contributed by atoms with Crippen LogP contribution in [0.5, 0.6) is 0 Å². The zero-order valence-corrected chi connectivity index (χ0v) is 9.98. The average molecular weight is 227 g/mol. The number of amides is 1. The van der Waals surface area contributed by atoms with Gasteiger partial charge >= 0.3 is 12.1 Å². The second kappa shape index (κ2) is 4.15. The molecule has 1 aliphatic rings. The Morgan fingerprint density at radius 3 is 2.50 bits per heavy atom. The molecule has 0 saturated heterocycles. The molecule has 1 N–H and O–H groups in total. The molecule has 0 saturated carbocycles.